The van der Waals surface area contributed by atoms with Crippen LogP contribution < -0.4 is 0 Å². The largest absolute Gasteiger partial charge is 0.478 e. The number of aliphatic hydroxyl groups excluding tert-OH is 1. The van der Waals surface area contributed by atoms with Crippen LogP contribution in [0.25, 0.3) is 0 Å². The second kappa shape index (κ2) is 7.55. The summed E-state index contributed by atoms with van der Waals surface area (Å²) in [4.78, 5) is 9.25. The minimum absolute atomic E-state index is 0.278. The van der Waals surface area contributed by atoms with E-state index in [1.165, 1.54) is 24.8 Å². The Kier molecular flexibility index (Phi) is 6.92. The number of aliphatic hydroxyl groups is 1. The van der Waals surface area contributed by atoms with Crippen LogP contribution in [-0.2, 0) is 4.79 Å². The molecule has 0 aromatic rings. The molecule has 0 aromatic carbocycles. The molecule has 0 fully saturated rings. The average Bonchev–Trinajstić information content (AvgIpc) is 2.20. The van der Waals surface area contributed by atoms with E-state index in [1.54, 1.807) is 0 Å². The van der Waals surface area contributed by atoms with Gasteiger partial charge in [0.1, 0.15) is 0 Å². The van der Waals surface area contributed by atoms with E-state index in [0.29, 0.717) is 0 Å². The first kappa shape index (κ1) is 11.9. The lowest BCUT2D eigenvalue weighted by Crippen LogP contribution is -1.95. The number of hydrogen-bond donors (Lipinski definition) is 2. The molecule has 0 atom stereocenters. The van der Waals surface area contributed by atoms with Crippen LogP contribution in [0.4, 0.5) is 0 Å². The molecule has 0 unspecified atom stereocenters. The van der Waals surface area contributed by atoms with Gasteiger partial charge in [-0.1, -0.05) is 12.7 Å². The average molecular weight is 184 g/mol. The van der Waals surface area contributed by atoms with Crippen LogP contribution in [0.1, 0.15) is 25.7 Å². The lowest BCUT2D eigenvalue weighted by Gasteiger charge is -2.08. The summed E-state index contributed by atoms with van der Waals surface area (Å²) in [6.45, 7) is 3.24. The van der Waals surface area contributed by atoms with Gasteiger partial charge in [-0.15, -0.1) is 0 Å². The molecule has 0 spiro atoms. The highest BCUT2D eigenvalue weighted by molar-refractivity contribution is 5.78. The zero-order valence-electron chi connectivity index (χ0n) is 7.70. The summed E-state index contributed by atoms with van der Waals surface area (Å²) in [5.41, 5.74) is 1.23. The predicted octanol–water partition coefficient (Wildman–Crippen LogP) is 1.74. The fourth-order valence-corrected chi connectivity index (χ4v) is 1.05. The van der Waals surface area contributed by atoms with E-state index in [9.17, 15) is 4.79 Å². The van der Waals surface area contributed by atoms with E-state index in [-0.39, 0.29) is 6.61 Å². The predicted molar refractivity (Wildman–Crippen MR) is 51.5 cm³/mol. The van der Waals surface area contributed by atoms with Crippen LogP contribution in [-0.4, -0.2) is 22.8 Å². The molecule has 74 valence electrons. The maximum absolute atomic E-state index is 9.25. The van der Waals surface area contributed by atoms with Gasteiger partial charge in [-0.05, 0) is 31.3 Å². The third kappa shape index (κ3) is 7.28. The normalized spacial score (nSPS) is 15.0. The van der Waals surface area contributed by atoms with Crippen molar-refractivity contribution in [2.24, 2.45) is 0 Å². The molecule has 0 radical (unpaired) electrons. The Balaban J connectivity index is 0.000000252. The van der Waals surface area contributed by atoms with Gasteiger partial charge in [0.15, 0.2) is 0 Å². The Bertz CT molecular complexity index is 194. The first-order chi connectivity index (χ1) is 6.20. The third-order valence-corrected chi connectivity index (χ3v) is 1.76. The second-order valence-electron chi connectivity index (χ2n) is 2.81. The van der Waals surface area contributed by atoms with Gasteiger partial charge >= 0.3 is 5.97 Å². The van der Waals surface area contributed by atoms with E-state index >= 15 is 0 Å². The van der Waals surface area contributed by atoms with Crippen molar-refractivity contribution in [1.82, 2.24) is 0 Å². The first-order valence-electron chi connectivity index (χ1n) is 4.34. The molecule has 0 heterocycles. The SMILES string of the molecule is C=CC(=O)O.OCC1=CCCCC1. The quantitative estimate of drug-likeness (QED) is 0.507. The lowest BCUT2D eigenvalue weighted by atomic mass is 10.0. The highest BCUT2D eigenvalue weighted by Crippen LogP contribution is 2.15. The van der Waals surface area contributed by atoms with Crippen molar-refractivity contribution < 1.29 is 15.0 Å². The number of aliphatic carboxylic acids is 1. The Morgan fingerprint density at radius 2 is 2.23 bits per heavy atom. The van der Waals surface area contributed by atoms with Crippen LogP contribution >= 0.6 is 0 Å². The molecular formula is C10H16O3. The highest BCUT2D eigenvalue weighted by Gasteiger charge is 1.99. The fourth-order valence-electron chi connectivity index (χ4n) is 1.05. The highest BCUT2D eigenvalue weighted by atomic mass is 16.4. The molecule has 1 rings (SSSR count). The van der Waals surface area contributed by atoms with Crippen molar-refractivity contribution in [1.29, 1.82) is 0 Å². The van der Waals surface area contributed by atoms with Gasteiger partial charge in [-0.25, -0.2) is 4.79 Å². The Morgan fingerprint density at radius 3 is 2.46 bits per heavy atom. The number of allylic oxidation sites excluding steroid dienone is 1. The van der Waals surface area contributed by atoms with Crippen molar-refractivity contribution >= 4 is 5.97 Å². The van der Waals surface area contributed by atoms with Crippen molar-refractivity contribution in [2.45, 2.75) is 25.7 Å². The smallest absolute Gasteiger partial charge is 0.327 e. The van der Waals surface area contributed by atoms with Crippen LogP contribution in [0.2, 0.25) is 0 Å². The first-order valence-corrected chi connectivity index (χ1v) is 4.34. The zero-order valence-corrected chi connectivity index (χ0v) is 7.70. The van der Waals surface area contributed by atoms with Gasteiger partial charge in [0.2, 0.25) is 0 Å². The summed E-state index contributed by atoms with van der Waals surface area (Å²) < 4.78 is 0. The summed E-state index contributed by atoms with van der Waals surface area (Å²) in [6, 6.07) is 0. The van der Waals surface area contributed by atoms with Crippen LogP contribution in [0.5, 0.6) is 0 Å². The second-order valence-corrected chi connectivity index (χ2v) is 2.81. The van der Waals surface area contributed by atoms with Crippen LogP contribution in [0, 0.1) is 0 Å². The molecule has 1 aliphatic carbocycles. The molecule has 3 nitrogen and oxygen atoms in total. The van der Waals surface area contributed by atoms with Gasteiger partial charge in [0.05, 0.1) is 6.61 Å². The third-order valence-electron chi connectivity index (χ3n) is 1.76. The summed E-state index contributed by atoms with van der Waals surface area (Å²) in [5.74, 6) is -0.981. The molecule has 0 bridgehead atoms. The molecule has 0 saturated heterocycles. The van der Waals surface area contributed by atoms with Crippen molar-refractivity contribution in [3.05, 3.63) is 24.3 Å². The Hall–Kier alpha value is -1.09. The molecule has 13 heavy (non-hydrogen) atoms. The Morgan fingerprint density at radius 1 is 1.62 bits per heavy atom. The molecule has 2 N–H and O–H groups in total. The standard InChI is InChI=1S/C7H12O.C3H4O2/c8-6-7-4-2-1-3-5-7;1-2-3(4)5/h4,8H,1-3,5-6H2;2H,1H2,(H,4,5). The molecule has 0 aromatic heterocycles. The molecule has 0 saturated carbocycles. The topological polar surface area (TPSA) is 57.5 Å². The van der Waals surface area contributed by atoms with E-state index in [1.807, 2.05) is 0 Å². The van der Waals surface area contributed by atoms with Gasteiger partial charge < -0.3 is 10.2 Å². The monoisotopic (exact) mass is 184 g/mol. The maximum atomic E-state index is 9.25. The minimum Gasteiger partial charge on any atom is -0.478 e. The number of carbonyl (C=O) groups is 1. The molecule has 0 amide bonds. The maximum Gasteiger partial charge on any atom is 0.327 e. The summed E-state index contributed by atoms with van der Waals surface area (Å²) in [6.07, 6.45) is 7.87. The fraction of sp³-hybridized carbons (Fsp3) is 0.500. The van der Waals surface area contributed by atoms with E-state index in [4.69, 9.17) is 10.2 Å². The van der Waals surface area contributed by atoms with Crippen molar-refractivity contribution in [2.75, 3.05) is 6.61 Å². The van der Waals surface area contributed by atoms with Gasteiger partial charge in [-0.3, -0.25) is 0 Å². The number of carboxylic acid groups (broad SMARTS) is 1. The number of hydrogen-bond acceptors (Lipinski definition) is 2. The molecular weight excluding hydrogens is 168 g/mol. The van der Waals surface area contributed by atoms with Gasteiger partial charge in [0, 0.05) is 6.08 Å². The minimum atomic E-state index is -0.981. The molecule has 1 aliphatic rings. The van der Waals surface area contributed by atoms with Gasteiger partial charge in [-0.2, -0.15) is 0 Å². The Labute approximate surface area is 78.4 Å². The molecule has 3 heteroatoms. The summed E-state index contributed by atoms with van der Waals surface area (Å²) >= 11 is 0. The zero-order chi connectivity index (χ0) is 10.1. The summed E-state index contributed by atoms with van der Waals surface area (Å²) in [5, 5.41) is 16.2. The van der Waals surface area contributed by atoms with E-state index in [2.05, 4.69) is 12.7 Å². The van der Waals surface area contributed by atoms with E-state index < -0.39 is 5.97 Å². The lowest BCUT2D eigenvalue weighted by molar-refractivity contribution is -0.131. The summed E-state index contributed by atoms with van der Waals surface area (Å²) in [7, 11) is 0. The van der Waals surface area contributed by atoms with Gasteiger partial charge in [0.25, 0.3) is 0 Å². The van der Waals surface area contributed by atoms with E-state index in [0.717, 1.165) is 12.5 Å². The number of carboxylic acids is 1. The number of rotatable bonds is 2. The van der Waals surface area contributed by atoms with Crippen molar-refractivity contribution in [3.8, 4) is 0 Å². The van der Waals surface area contributed by atoms with Crippen LogP contribution in [0.3, 0.4) is 0 Å². The van der Waals surface area contributed by atoms with Crippen LogP contribution in [0.15, 0.2) is 24.3 Å². The molecule has 0 aliphatic heterocycles. The van der Waals surface area contributed by atoms with Crippen molar-refractivity contribution in [3.63, 3.8) is 0 Å².